The van der Waals surface area contributed by atoms with Crippen molar-refractivity contribution in [2.75, 3.05) is 0 Å². The number of aromatic nitrogens is 1. The van der Waals surface area contributed by atoms with Crippen LogP contribution in [0, 0.1) is 13.8 Å². The molecule has 0 aliphatic rings. The Morgan fingerprint density at radius 2 is 1.96 bits per heavy atom. The average Bonchev–Trinajstić information content (AvgIpc) is 2.52. The third-order valence-electron chi connectivity index (χ3n) is 3.66. The lowest BCUT2D eigenvalue weighted by molar-refractivity contribution is -0.137. The quantitative estimate of drug-likeness (QED) is 0.783. The molecule has 1 heterocycles. The van der Waals surface area contributed by atoms with Crippen LogP contribution in [0.1, 0.15) is 27.9 Å². The highest BCUT2D eigenvalue weighted by atomic mass is 35.5. The summed E-state index contributed by atoms with van der Waals surface area (Å²) >= 11 is 5.55. The third kappa shape index (κ3) is 4.98. The highest BCUT2D eigenvalue weighted by Crippen LogP contribution is 2.35. The van der Waals surface area contributed by atoms with Gasteiger partial charge in [0, 0.05) is 23.9 Å². The highest BCUT2D eigenvalue weighted by Gasteiger charge is 2.33. The van der Waals surface area contributed by atoms with E-state index in [1.54, 1.807) is 19.9 Å². The SMILES string of the molecule is Cc1cc(C)c(CNC(=O)/C=C/c2ccc(Cl)c(C(F)(F)F)c2)c(=O)[nH]1. The Hall–Kier alpha value is -2.54. The molecule has 0 unspecified atom stereocenters. The van der Waals surface area contributed by atoms with Crippen molar-refractivity contribution in [2.24, 2.45) is 0 Å². The summed E-state index contributed by atoms with van der Waals surface area (Å²) in [6.45, 7) is 3.52. The molecule has 4 nitrogen and oxygen atoms in total. The number of carbonyl (C=O) groups excluding carboxylic acids is 1. The van der Waals surface area contributed by atoms with Gasteiger partial charge < -0.3 is 10.3 Å². The summed E-state index contributed by atoms with van der Waals surface area (Å²) in [5.74, 6) is -0.534. The van der Waals surface area contributed by atoms with Gasteiger partial charge in [-0.15, -0.1) is 0 Å². The molecule has 1 amide bonds. The number of hydrogen-bond donors (Lipinski definition) is 2. The Morgan fingerprint density at radius 1 is 1.27 bits per heavy atom. The number of halogens is 4. The largest absolute Gasteiger partial charge is 0.417 e. The van der Waals surface area contributed by atoms with Crippen LogP contribution in [0.3, 0.4) is 0 Å². The molecule has 0 aliphatic heterocycles. The number of carbonyl (C=O) groups is 1. The van der Waals surface area contributed by atoms with E-state index < -0.39 is 22.7 Å². The summed E-state index contributed by atoms with van der Waals surface area (Å²) in [5.41, 5.74) is 0.793. The van der Waals surface area contributed by atoms with Gasteiger partial charge in [-0.3, -0.25) is 9.59 Å². The van der Waals surface area contributed by atoms with E-state index in [-0.39, 0.29) is 17.7 Å². The van der Waals surface area contributed by atoms with Gasteiger partial charge >= 0.3 is 6.18 Å². The van der Waals surface area contributed by atoms with Crippen molar-refractivity contribution >= 4 is 23.6 Å². The van der Waals surface area contributed by atoms with Crippen molar-refractivity contribution in [1.82, 2.24) is 10.3 Å². The second kappa shape index (κ2) is 7.78. The Kier molecular flexibility index (Phi) is 5.92. The molecule has 8 heteroatoms. The lowest BCUT2D eigenvalue weighted by Crippen LogP contribution is -2.26. The van der Waals surface area contributed by atoms with Crippen LogP contribution in [0.25, 0.3) is 6.08 Å². The van der Waals surface area contributed by atoms with E-state index in [4.69, 9.17) is 11.6 Å². The molecule has 0 spiro atoms. The minimum Gasteiger partial charge on any atom is -0.348 e. The number of benzene rings is 1. The lowest BCUT2D eigenvalue weighted by Gasteiger charge is -2.09. The molecular weight excluding hydrogens is 369 g/mol. The first-order valence-electron chi connectivity index (χ1n) is 7.60. The van der Waals surface area contributed by atoms with E-state index in [1.807, 2.05) is 0 Å². The molecule has 0 atom stereocenters. The zero-order valence-corrected chi connectivity index (χ0v) is 14.8. The fourth-order valence-electron chi connectivity index (χ4n) is 2.37. The molecule has 2 aromatic rings. The van der Waals surface area contributed by atoms with E-state index in [1.165, 1.54) is 12.1 Å². The minimum absolute atomic E-state index is 0.0129. The predicted octanol–water partition coefficient (Wildman–Crippen LogP) is 3.99. The number of H-pyrrole nitrogens is 1. The van der Waals surface area contributed by atoms with Crippen LogP contribution in [0.2, 0.25) is 5.02 Å². The number of hydrogen-bond acceptors (Lipinski definition) is 2. The first kappa shape index (κ1) is 19.8. The number of rotatable bonds is 4. The van der Waals surface area contributed by atoms with Gasteiger partial charge in [0.25, 0.3) is 5.56 Å². The molecule has 26 heavy (non-hydrogen) atoms. The number of aryl methyl sites for hydroxylation is 2. The van der Waals surface area contributed by atoms with Gasteiger partial charge in [0.2, 0.25) is 5.91 Å². The van der Waals surface area contributed by atoms with Crippen LogP contribution < -0.4 is 10.9 Å². The van der Waals surface area contributed by atoms with Gasteiger partial charge in [-0.25, -0.2) is 0 Å². The van der Waals surface area contributed by atoms with Crippen LogP contribution >= 0.6 is 11.6 Å². The summed E-state index contributed by atoms with van der Waals surface area (Å²) in [5, 5.41) is 2.12. The number of nitrogens with one attached hydrogen (secondary N) is 2. The van der Waals surface area contributed by atoms with E-state index in [0.717, 1.165) is 23.8 Å². The monoisotopic (exact) mass is 384 g/mol. The summed E-state index contributed by atoms with van der Waals surface area (Å²) in [7, 11) is 0. The Bertz CT molecular complexity index is 918. The van der Waals surface area contributed by atoms with Gasteiger partial charge in [-0.1, -0.05) is 17.7 Å². The molecule has 0 fully saturated rings. The maximum atomic E-state index is 12.8. The van der Waals surface area contributed by atoms with Crippen LogP contribution in [0.5, 0.6) is 0 Å². The topological polar surface area (TPSA) is 62.0 Å². The number of aromatic amines is 1. The standard InChI is InChI=1S/C18H16ClF3N2O2/c1-10-7-11(2)24-17(26)13(10)9-23-16(25)6-4-12-3-5-15(19)14(8-12)18(20,21)22/h3-8H,9H2,1-2H3,(H,23,25)(H,24,26)/b6-4+. The molecule has 0 aliphatic carbocycles. The minimum atomic E-state index is -4.58. The maximum absolute atomic E-state index is 12.8. The number of amides is 1. The summed E-state index contributed by atoms with van der Waals surface area (Å²) in [6.07, 6.45) is -2.23. The Balaban J connectivity index is 2.08. The zero-order valence-electron chi connectivity index (χ0n) is 14.0. The molecule has 138 valence electrons. The second-order valence-corrected chi connectivity index (χ2v) is 6.14. The second-order valence-electron chi connectivity index (χ2n) is 5.73. The zero-order chi connectivity index (χ0) is 19.5. The van der Waals surface area contributed by atoms with Gasteiger partial charge in [0.15, 0.2) is 0 Å². The first-order chi connectivity index (χ1) is 12.1. The normalized spacial score (nSPS) is 11.8. The van der Waals surface area contributed by atoms with E-state index >= 15 is 0 Å². The molecule has 2 N–H and O–H groups in total. The van der Waals surface area contributed by atoms with Gasteiger partial charge in [0.1, 0.15) is 0 Å². The van der Waals surface area contributed by atoms with Crippen LogP contribution in [0.15, 0.2) is 35.1 Å². The third-order valence-corrected chi connectivity index (χ3v) is 3.99. The van der Waals surface area contributed by atoms with E-state index in [0.29, 0.717) is 11.3 Å². The van der Waals surface area contributed by atoms with E-state index in [9.17, 15) is 22.8 Å². The smallest absolute Gasteiger partial charge is 0.348 e. The summed E-state index contributed by atoms with van der Waals surface area (Å²) in [6, 6.07) is 5.14. The predicted molar refractivity (Wildman–Crippen MR) is 93.9 cm³/mol. The van der Waals surface area contributed by atoms with Gasteiger partial charge in [-0.05, 0) is 49.2 Å². The fourth-order valence-corrected chi connectivity index (χ4v) is 2.60. The van der Waals surface area contributed by atoms with Crippen molar-refractivity contribution in [1.29, 1.82) is 0 Å². The lowest BCUT2D eigenvalue weighted by atomic mass is 10.1. The van der Waals surface area contributed by atoms with Crippen molar-refractivity contribution in [2.45, 2.75) is 26.6 Å². The molecule has 2 rings (SSSR count). The van der Waals surface area contributed by atoms with Crippen molar-refractivity contribution < 1.29 is 18.0 Å². The van der Waals surface area contributed by atoms with Crippen LogP contribution in [-0.2, 0) is 17.5 Å². The molecule has 0 bridgehead atoms. The summed E-state index contributed by atoms with van der Waals surface area (Å²) < 4.78 is 38.5. The average molecular weight is 385 g/mol. The van der Waals surface area contributed by atoms with Gasteiger partial charge in [-0.2, -0.15) is 13.2 Å². The number of alkyl halides is 3. The van der Waals surface area contributed by atoms with Crippen LogP contribution in [-0.4, -0.2) is 10.9 Å². The Labute approximate surface area is 152 Å². The molecule has 0 radical (unpaired) electrons. The molecule has 0 saturated carbocycles. The van der Waals surface area contributed by atoms with E-state index in [2.05, 4.69) is 10.3 Å². The first-order valence-corrected chi connectivity index (χ1v) is 7.98. The summed E-state index contributed by atoms with van der Waals surface area (Å²) in [4.78, 5) is 26.4. The van der Waals surface area contributed by atoms with Crippen molar-refractivity contribution in [3.63, 3.8) is 0 Å². The molecular formula is C18H16ClF3N2O2. The molecule has 1 aromatic heterocycles. The van der Waals surface area contributed by atoms with Crippen molar-refractivity contribution in [3.8, 4) is 0 Å². The highest BCUT2D eigenvalue weighted by molar-refractivity contribution is 6.31. The molecule has 0 saturated heterocycles. The molecule has 1 aromatic carbocycles. The van der Waals surface area contributed by atoms with Crippen molar-refractivity contribution in [3.05, 3.63) is 73.7 Å². The maximum Gasteiger partial charge on any atom is 0.417 e. The number of pyridine rings is 1. The van der Waals surface area contributed by atoms with Crippen LogP contribution in [0.4, 0.5) is 13.2 Å². The van der Waals surface area contributed by atoms with Gasteiger partial charge in [0.05, 0.1) is 10.6 Å². The Morgan fingerprint density at radius 3 is 2.58 bits per heavy atom. The fraction of sp³-hybridized carbons (Fsp3) is 0.222.